The van der Waals surface area contributed by atoms with E-state index in [0.717, 1.165) is 0 Å². The summed E-state index contributed by atoms with van der Waals surface area (Å²) in [5.41, 5.74) is 17.2. The first kappa shape index (κ1) is 24.3. The van der Waals surface area contributed by atoms with Crippen molar-refractivity contribution in [3.63, 3.8) is 0 Å². The smallest absolute Gasteiger partial charge is 0.323 e. The van der Waals surface area contributed by atoms with E-state index in [4.69, 9.17) is 26.7 Å². The minimum Gasteiger partial charge on any atom is -0.464 e. The zero-order chi connectivity index (χ0) is 23.3. The Morgan fingerprint density at radius 1 is 1.06 bits per heavy atom. The highest BCUT2D eigenvalue weighted by Gasteiger charge is 2.24. The van der Waals surface area contributed by atoms with Crippen LogP contribution in [0, 0.1) is 17.8 Å². The monoisotopic (exact) mass is 437 g/mol. The Morgan fingerprint density at radius 2 is 1.58 bits per heavy atom. The predicted molar refractivity (Wildman–Crippen MR) is 114 cm³/mol. The van der Waals surface area contributed by atoms with Gasteiger partial charge in [-0.15, -0.1) is 0 Å². The Labute approximate surface area is 179 Å². The molecule has 31 heavy (non-hydrogen) atoms. The number of imidazole rings is 1. The normalized spacial score (nSPS) is 13.7. The summed E-state index contributed by atoms with van der Waals surface area (Å²) < 4.78 is 12.3. The molecule has 0 saturated heterocycles. The lowest BCUT2D eigenvalue weighted by molar-refractivity contribution is -0.152. The third kappa shape index (κ3) is 6.25. The maximum Gasteiger partial charge on any atom is 0.323 e. The molecule has 2 heterocycles. The predicted octanol–water partition coefficient (Wildman–Crippen LogP) is -0.629. The quantitative estimate of drug-likeness (QED) is 0.347. The number of anilines is 1. The molecule has 0 saturated carbocycles. The molecule has 0 aromatic carbocycles. The summed E-state index contributed by atoms with van der Waals surface area (Å²) in [6.07, 6.45) is 1.42. The Balaban J connectivity index is 2.18. The SMILES string of the molecule is CC(C)[C@H](N)C(=O)OCC(COC(=O)[C@@H](N)C(C)C)Cn1cnc2c(=O)[nH]c(N)nc21. The first-order chi connectivity index (χ1) is 14.5. The van der Waals surface area contributed by atoms with Crippen LogP contribution in [0.4, 0.5) is 5.95 Å². The molecule has 2 atom stereocenters. The van der Waals surface area contributed by atoms with Gasteiger partial charge in [-0.3, -0.25) is 19.4 Å². The second kappa shape index (κ2) is 10.4. The van der Waals surface area contributed by atoms with Gasteiger partial charge in [-0.2, -0.15) is 4.98 Å². The van der Waals surface area contributed by atoms with Gasteiger partial charge >= 0.3 is 11.9 Å². The number of carbonyl (C=O) groups excluding carboxylic acids is 2. The molecule has 7 N–H and O–H groups in total. The van der Waals surface area contributed by atoms with Crippen LogP contribution in [-0.4, -0.2) is 56.8 Å². The minimum atomic E-state index is -0.772. The second-order valence-electron chi connectivity index (χ2n) is 8.19. The zero-order valence-electron chi connectivity index (χ0n) is 18.2. The number of fused-ring (bicyclic) bond motifs is 1. The number of hydrogen-bond acceptors (Lipinski definition) is 10. The van der Waals surface area contributed by atoms with Crippen molar-refractivity contribution >= 4 is 29.1 Å². The Bertz CT molecular complexity index is 938. The third-order valence-corrected chi connectivity index (χ3v) is 4.85. The number of nitrogens with two attached hydrogens (primary N) is 3. The van der Waals surface area contributed by atoms with E-state index < -0.39 is 35.5 Å². The molecule has 0 bridgehead atoms. The molecular weight excluding hydrogens is 406 g/mol. The van der Waals surface area contributed by atoms with Crippen molar-refractivity contribution in [2.24, 2.45) is 29.2 Å². The minimum absolute atomic E-state index is 0.0560. The summed E-state index contributed by atoms with van der Waals surface area (Å²) in [7, 11) is 0. The van der Waals surface area contributed by atoms with Crippen molar-refractivity contribution in [2.75, 3.05) is 18.9 Å². The summed E-state index contributed by atoms with van der Waals surface area (Å²) in [5, 5.41) is 0. The number of nitrogens with zero attached hydrogens (tertiary/aromatic N) is 3. The maximum atomic E-state index is 12.2. The fraction of sp³-hybridized carbons (Fsp3) is 0.632. The van der Waals surface area contributed by atoms with Crippen LogP contribution in [0.15, 0.2) is 11.1 Å². The van der Waals surface area contributed by atoms with E-state index in [9.17, 15) is 14.4 Å². The summed E-state index contributed by atoms with van der Waals surface area (Å²) in [6, 6.07) is -1.54. The summed E-state index contributed by atoms with van der Waals surface area (Å²) >= 11 is 0. The van der Waals surface area contributed by atoms with Crippen LogP contribution >= 0.6 is 0 Å². The van der Waals surface area contributed by atoms with Gasteiger partial charge in [0.25, 0.3) is 5.56 Å². The molecule has 2 aromatic rings. The van der Waals surface area contributed by atoms with E-state index in [-0.39, 0.29) is 48.7 Å². The molecule has 172 valence electrons. The molecule has 0 amide bonds. The largest absolute Gasteiger partial charge is 0.464 e. The van der Waals surface area contributed by atoms with Crippen molar-refractivity contribution < 1.29 is 19.1 Å². The Kier molecular flexibility index (Phi) is 8.11. The Morgan fingerprint density at radius 3 is 2.06 bits per heavy atom. The van der Waals surface area contributed by atoms with Crippen molar-refractivity contribution in [1.82, 2.24) is 19.5 Å². The van der Waals surface area contributed by atoms with Crippen LogP contribution < -0.4 is 22.8 Å². The van der Waals surface area contributed by atoms with Gasteiger partial charge in [0, 0.05) is 12.5 Å². The zero-order valence-corrected chi connectivity index (χ0v) is 18.2. The van der Waals surface area contributed by atoms with Crippen LogP contribution in [0.5, 0.6) is 0 Å². The van der Waals surface area contributed by atoms with Gasteiger partial charge in [-0.05, 0) is 11.8 Å². The molecule has 0 unspecified atom stereocenters. The number of aromatic nitrogens is 4. The van der Waals surface area contributed by atoms with Crippen molar-refractivity contribution in [3.8, 4) is 0 Å². The number of nitrogens with one attached hydrogen (secondary N) is 1. The lowest BCUT2D eigenvalue weighted by Crippen LogP contribution is -2.40. The molecule has 0 aliphatic rings. The van der Waals surface area contributed by atoms with Crippen LogP contribution in [0.3, 0.4) is 0 Å². The molecule has 0 fully saturated rings. The van der Waals surface area contributed by atoms with Gasteiger partial charge < -0.3 is 31.2 Å². The fourth-order valence-electron chi connectivity index (χ4n) is 2.67. The van der Waals surface area contributed by atoms with E-state index in [1.54, 1.807) is 4.57 Å². The lowest BCUT2D eigenvalue weighted by Gasteiger charge is -2.21. The van der Waals surface area contributed by atoms with Crippen molar-refractivity contribution in [2.45, 2.75) is 46.3 Å². The van der Waals surface area contributed by atoms with Gasteiger partial charge in [0.15, 0.2) is 11.2 Å². The van der Waals surface area contributed by atoms with Gasteiger partial charge in [0.2, 0.25) is 5.95 Å². The van der Waals surface area contributed by atoms with Crippen LogP contribution in [-0.2, 0) is 25.6 Å². The lowest BCUT2D eigenvalue weighted by atomic mass is 10.1. The van der Waals surface area contributed by atoms with Crippen molar-refractivity contribution in [3.05, 3.63) is 16.7 Å². The fourth-order valence-corrected chi connectivity index (χ4v) is 2.67. The van der Waals surface area contributed by atoms with E-state index in [0.29, 0.717) is 0 Å². The number of hydrogen-bond donors (Lipinski definition) is 4. The van der Waals surface area contributed by atoms with Gasteiger partial charge in [0.1, 0.15) is 12.1 Å². The molecule has 12 nitrogen and oxygen atoms in total. The molecule has 0 aliphatic heterocycles. The van der Waals surface area contributed by atoms with Crippen LogP contribution in [0.25, 0.3) is 11.2 Å². The number of aromatic amines is 1. The summed E-state index contributed by atoms with van der Waals surface area (Å²) in [5.74, 6) is -1.82. The number of ether oxygens (including phenoxy) is 2. The van der Waals surface area contributed by atoms with Crippen LogP contribution in [0.1, 0.15) is 27.7 Å². The standard InChI is InChI=1S/C19H31N7O5/c1-9(2)12(20)17(28)30-6-11(7-31-18(29)13(21)10(3)4)5-26-8-23-14-15(26)24-19(22)25-16(14)27/h8-13H,5-7,20-21H2,1-4H3,(H3,22,24,25,27)/t12-,13-/m0/s1. The van der Waals surface area contributed by atoms with E-state index in [2.05, 4.69) is 15.0 Å². The van der Waals surface area contributed by atoms with E-state index in [1.807, 2.05) is 27.7 Å². The highest BCUT2D eigenvalue weighted by molar-refractivity contribution is 5.76. The average molecular weight is 438 g/mol. The molecule has 2 rings (SSSR count). The first-order valence-electron chi connectivity index (χ1n) is 10.1. The molecule has 0 radical (unpaired) electrons. The number of carbonyl (C=O) groups is 2. The molecule has 12 heteroatoms. The highest BCUT2D eigenvalue weighted by Crippen LogP contribution is 2.13. The molecule has 0 aliphatic carbocycles. The maximum absolute atomic E-state index is 12.2. The number of esters is 2. The second-order valence-corrected chi connectivity index (χ2v) is 8.19. The first-order valence-corrected chi connectivity index (χ1v) is 10.1. The number of nitrogen functional groups attached to an aromatic ring is 1. The highest BCUT2D eigenvalue weighted by atomic mass is 16.5. The van der Waals surface area contributed by atoms with Crippen LogP contribution in [0.2, 0.25) is 0 Å². The van der Waals surface area contributed by atoms with E-state index in [1.165, 1.54) is 6.33 Å². The van der Waals surface area contributed by atoms with Gasteiger partial charge in [0.05, 0.1) is 19.5 Å². The van der Waals surface area contributed by atoms with Gasteiger partial charge in [-0.25, -0.2) is 4.98 Å². The molecule has 2 aromatic heterocycles. The van der Waals surface area contributed by atoms with Crippen molar-refractivity contribution in [1.29, 1.82) is 0 Å². The summed E-state index contributed by atoms with van der Waals surface area (Å²) in [6.45, 7) is 7.30. The van der Waals surface area contributed by atoms with Gasteiger partial charge in [-0.1, -0.05) is 27.7 Å². The Hall–Kier alpha value is -2.99. The topological polar surface area (TPSA) is 194 Å². The molecular formula is C19H31N7O5. The third-order valence-electron chi connectivity index (χ3n) is 4.85. The number of rotatable bonds is 10. The number of H-pyrrole nitrogens is 1. The summed E-state index contributed by atoms with van der Waals surface area (Å²) in [4.78, 5) is 46.8. The van der Waals surface area contributed by atoms with E-state index >= 15 is 0 Å². The average Bonchev–Trinajstić information content (AvgIpc) is 3.10. The molecule has 0 spiro atoms.